The highest BCUT2D eigenvalue weighted by Crippen LogP contribution is 2.30. The van der Waals surface area contributed by atoms with E-state index in [1.807, 2.05) is 18.2 Å². The number of hydrogen-bond donors (Lipinski definition) is 1. The molecular weight excluding hydrogens is 264 g/mol. The van der Waals surface area contributed by atoms with E-state index in [9.17, 15) is 0 Å². The molecule has 21 heavy (non-hydrogen) atoms. The molecule has 0 amide bonds. The molecule has 1 aliphatic heterocycles. The first kappa shape index (κ1) is 16.1. The van der Waals surface area contributed by atoms with Crippen LogP contribution in [-0.4, -0.2) is 38.3 Å². The van der Waals surface area contributed by atoms with Crippen molar-refractivity contribution in [3.63, 3.8) is 0 Å². The molecule has 1 aromatic carbocycles. The Morgan fingerprint density at radius 1 is 1.29 bits per heavy atom. The second kappa shape index (κ2) is 7.66. The van der Waals surface area contributed by atoms with Gasteiger partial charge in [-0.1, -0.05) is 13.3 Å². The van der Waals surface area contributed by atoms with Gasteiger partial charge in [-0.2, -0.15) is 0 Å². The molecular formula is C17H28N2O2. The summed E-state index contributed by atoms with van der Waals surface area (Å²) >= 11 is 0. The molecule has 2 unspecified atom stereocenters. The quantitative estimate of drug-likeness (QED) is 0.875. The van der Waals surface area contributed by atoms with Gasteiger partial charge in [-0.15, -0.1) is 0 Å². The van der Waals surface area contributed by atoms with Crippen molar-refractivity contribution in [2.45, 2.75) is 44.7 Å². The maximum Gasteiger partial charge on any atom is 0.123 e. The molecule has 0 aromatic heterocycles. The number of benzene rings is 1. The van der Waals surface area contributed by atoms with Crippen LogP contribution in [0.4, 0.5) is 0 Å². The Morgan fingerprint density at radius 2 is 2.10 bits per heavy atom. The fourth-order valence-corrected chi connectivity index (χ4v) is 3.24. The summed E-state index contributed by atoms with van der Waals surface area (Å²) in [6, 6.07) is 6.45. The summed E-state index contributed by atoms with van der Waals surface area (Å²) in [5.74, 6) is 1.67. The van der Waals surface area contributed by atoms with Crippen LogP contribution in [0, 0.1) is 0 Å². The Kier molecular flexibility index (Phi) is 5.88. The van der Waals surface area contributed by atoms with Gasteiger partial charge < -0.3 is 15.2 Å². The normalized spacial score (nSPS) is 21.0. The lowest BCUT2D eigenvalue weighted by atomic mass is 9.97. The molecule has 4 heteroatoms. The Hall–Kier alpha value is -1.26. The maximum atomic E-state index is 6.47. The third-order valence-electron chi connectivity index (χ3n) is 4.49. The van der Waals surface area contributed by atoms with Crippen molar-refractivity contribution in [1.29, 1.82) is 0 Å². The highest BCUT2D eigenvalue weighted by Gasteiger charge is 2.24. The third-order valence-corrected chi connectivity index (χ3v) is 4.49. The van der Waals surface area contributed by atoms with Gasteiger partial charge >= 0.3 is 0 Å². The van der Waals surface area contributed by atoms with Crippen LogP contribution in [0.25, 0.3) is 0 Å². The summed E-state index contributed by atoms with van der Waals surface area (Å²) in [6.07, 6.45) is 5.10. The molecule has 1 heterocycles. The molecule has 0 spiro atoms. The van der Waals surface area contributed by atoms with Crippen molar-refractivity contribution in [3.8, 4) is 11.5 Å². The molecule has 1 saturated heterocycles. The number of piperidine rings is 1. The molecule has 4 nitrogen and oxygen atoms in total. The van der Waals surface area contributed by atoms with E-state index in [1.54, 1.807) is 14.2 Å². The van der Waals surface area contributed by atoms with Crippen molar-refractivity contribution in [2.75, 3.05) is 27.3 Å². The van der Waals surface area contributed by atoms with Crippen LogP contribution >= 0.6 is 0 Å². The average molecular weight is 292 g/mol. The van der Waals surface area contributed by atoms with Gasteiger partial charge in [-0.3, -0.25) is 4.90 Å². The molecule has 0 bridgehead atoms. The lowest BCUT2D eigenvalue weighted by Gasteiger charge is -2.37. The highest BCUT2D eigenvalue weighted by atomic mass is 16.5. The lowest BCUT2D eigenvalue weighted by molar-refractivity contribution is 0.135. The SMILES string of the molecule is CCC1CCCCN1CC(N)c1cc(OC)ccc1OC. The highest BCUT2D eigenvalue weighted by molar-refractivity contribution is 5.42. The minimum atomic E-state index is -0.0535. The lowest BCUT2D eigenvalue weighted by Crippen LogP contribution is -2.43. The largest absolute Gasteiger partial charge is 0.497 e. The van der Waals surface area contributed by atoms with Crippen molar-refractivity contribution in [2.24, 2.45) is 5.73 Å². The maximum absolute atomic E-state index is 6.47. The molecule has 0 radical (unpaired) electrons. The van der Waals surface area contributed by atoms with Crippen LogP contribution in [0.1, 0.15) is 44.2 Å². The van der Waals surface area contributed by atoms with E-state index in [0.717, 1.165) is 30.2 Å². The Labute approximate surface area is 128 Å². The first-order valence-electron chi connectivity index (χ1n) is 7.91. The van der Waals surface area contributed by atoms with E-state index >= 15 is 0 Å². The number of methoxy groups -OCH3 is 2. The number of hydrogen-bond acceptors (Lipinski definition) is 4. The smallest absolute Gasteiger partial charge is 0.123 e. The van der Waals surface area contributed by atoms with Gasteiger partial charge in [0.1, 0.15) is 11.5 Å². The molecule has 1 aliphatic rings. The topological polar surface area (TPSA) is 47.7 Å². The van der Waals surface area contributed by atoms with E-state index < -0.39 is 0 Å². The second-order valence-corrected chi connectivity index (χ2v) is 5.77. The zero-order chi connectivity index (χ0) is 15.2. The summed E-state index contributed by atoms with van der Waals surface area (Å²) < 4.78 is 10.8. The predicted octanol–water partition coefficient (Wildman–Crippen LogP) is 2.97. The number of nitrogens with two attached hydrogens (primary N) is 1. The molecule has 0 aliphatic carbocycles. The standard InChI is InChI=1S/C17H28N2O2/c1-4-13-7-5-6-10-19(13)12-16(18)15-11-14(20-2)8-9-17(15)21-3/h8-9,11,13,16H,4-7,10,12,18H2,1-3H3. The van der Waals surface area contributed by atoms with E-state index in [-0.39, 0.29) is 6.04 Å². The Morgan fingerprint density at radius 3 is 2.76 bits per heavy atom. The first-order valence-corrected chi connectivity index (χ1v) is 7.91. The number of likely N-dealkylation sites (tertiary alicyclic amines) is 1. The molecule has 1 fully saturated rings. The minimum Gasteiger partial charge on any atom is -0.497 e. The third kappa shape index (κ3) is 3.89. The van der Waals surface area contributed by atoms with Crippen LogP contribution in [0.5, 0.6) is 11.5 Å². The van der Waals surface area contributed by atoms with Gasteiger partial charge in [0, 0.05) is 24.2 Å². The van der Waals surface area contributed by atoms with E-state index in [2.05, 4.69) is 11.8 Å². The summed E-state index contributed by atoms with van der Waals surface area (Å²) in [4.78, 5) is 2.53. The van der Waals surface area contributed by atoms with Crippen molar-refractivity contribution < 1.29 is 9.47 Å². The minimum absolute atomic E-state index is 0.0535. The molecule has 1 aromatic rings. The van der Waals surface area contributed by atoms with Crippen LogP contribution in [-0.2, 0) is 0 Å². The number of rotatable bonds is 6. The monoisotopic (exact) mass is 292 g/mol. The van der Waals surface area contributed by atoms with E-state index in [4.69, 9.17) is 15.2 Å². The van der Waals surface area contributed by atoms with Crippen LogP contribution in [0.15, 0.2) is 18.2 Å². The zero-order valence-electron chi connectivity index (χ0n) is 13.5. The van der Waals surface area contributed by atoms with Gasteiger partial charge in [0.25, 0.3) is 0 Å². The van der Waals surface area contributed by atoms with Gasteiger partial charge in [0.15, 0.2) is 0 Å². The van der Waals surface area contributed by atoms with Gasteiger partial charge in [0.2, 0.25) is 0 Å². The predicted molar refractivity (Wildman–Crippen MR) is 86.0 cm³/mol. The van der Waals surface area contributed by atoms with Crippen molar-refractivity contribution >= 4 is 0 Å². The number of nitrogens with zero attached hydrogens (tertiary/aromatic N) is 1. The number of ether oxygens (including phenoxy) is 2. The zero-order valence-corrected chi connectivity index (χ0v) is 13.5. The average Bonchev–Trinajstić information content (AvgIpc) is 2.54. The van der Waals surface area contributed by atoms with Gasteiger partial charge in [0.05, 0.1) is 14.2 Å². The Balaban J connectivity index is 2.13. The summed E-state index contributed by atoms with van der Waals surface area (Å²) in [5, 5.41) is 0. The second-order valence-electron chi connectivity index (χ2n) is 5.77. The van der Waals surface area contributed by atoms with E-state index in [0.29, 0.717) is 6.04 Å². The Bertz CT molecular complexity index is 450. The molecule has 2 rings (SSSR count). The fraction of sp³-hybridized carbons (Fsp3) is 0.647. The first-order chi connectivity index (χ1) is 10.2. The van der Waals surface area contributed by atoms with Crippen molar-refractivity contribution in [3.05, 3.63) is 23.8 Å². The summed E-state index contributed by atoms with van der Waals surface area (Å²) in [7, 11) is 3.36. The molecule has 118 valence electrons. The summed E-state index contributed by atoms with van der Waals surface area (Å²) in [5.41, 5.74) is 7.49. The van der Waals surface area contributed by atoms with Gasteiger partial charge in [-0.25, -0.2) is 0 Å². The van der Waals surface area contributed by atoms with Crippen LogP contribution in [0.2, 0.25) is 0 Å². The van der Waals surface area contributed by atoms with Crippen LogP contribution in [0.3, 0.4) is 0 Å². The van der Waals surface area contributed by atoms with Crippen LogP contribution < -0.4 is 15.2 Å². The van der Waals surface area contributed by atoms with E-state index in [1.165, 1.54) is 25.7 Å². The molecule has 2 N–H and O–H groups in total. The van der Waals surface area contributed by atoms with Gasteiger partial charge in [-0.05, 0) is 44.0 Å². The fourth-order valence-electron chi connectivity index (χ4n) is 3.24. The molecule has 0 saturated carbocycles. The summed E-state index contributed by atoms with van der Waals surface area (Å²) in [6.45, 7) is 4.29. The van der Waals surface area contributed by atoms with Crippen molar-refractivity contribution in [1.82, 2.24) is 4.90 Å². The molecule has 2 atom stereocenters.